The lowest BCUT2D eigenvalue weighted by Crippen LogP contribution is -2.53. The Hall–Kier alpha value is -2.37. The van der Waals surface area contributed by atoms with Gasteiger partial charge in [0.25, 0.3) is 0 Å². The summed E-state index contributed by atoms with van der Waals surface area (Å²) in [6, 6.07) is 0. The van der Waals surface area contributed by atoms with Crippen molar-refractivity contribution in [1.82, 2.24) is 0 Å². The summed E-state index contributed by atoms with van der Waals surface area (Å²) < 4.78 is 17.4. The molecule has 5 atom stereocenters. The summed E-state index contributed by atoms with van der Waals surface area (Å²) in [5.41, 5.74) is 3.83. The zero-order valence-electron chi connectivity index (χ0n) is 27.1. The van der Waals surface area contributed by atoms with E-state index in [0.717, 1.165) is 63.4 Å². The second-order valence-corrected chi connectivity index (χ2v) is 15.0. The summed E-state index contributed by atoms with van der Waals surface area (Å²) in [6.07, 6.45) is 9.77. The molecule has 0 radical (unpaired) electrons. The second-order valence-electron chi connectivity index (χ2n) is 15.0. The van der Waals surface area contributed by atoms with Crippen LogP contribution in [-0.4, -0.2) is 31.1 Å². The van der Waals surface area contributed by atoms with Gasteiger partial charge in [0.15, 0.2) is 0 Å². The molecule has 0 aromatic rings. The molecular weight excluding hydrogens is 516 g/mol. The Morgan fingerprint density at radius 3 is 2.15 bits per heavy atom. The first-order valence-electron chi connectivity index (χ1n) is 15.5. The summed E-state index contributed by atoms with van der Waals surface area (Å²) in [6.45, 7) is 18.7. The molecule has 0 N–H and O–H groups in total. The van der Waals surface area contributed by atoms with E-state index in [-0.39, 0.29) is 46.2 Å². The summed E-state index contributed by atoms with van der Waals surface area (Å²) >= 11 is 0. The minimum Gasteiger partial charge on any atom is -0.469 e. The highest BCUT2D eigenvalue weighted by Gasteiger charge is 2.57. The van der Waals surface area contributed by atoms with Gasteiger partial charge < -0.3 is 14.2 Å². The van der Waals surface area contributed by atoms with Crippen molar-refractivity contribution in [3.63, 3.8) is 0 Å². The average molecular weight is 569 g/mol. The van der Waals surface area contributed by atoms with Gasteiger partial charge in [-0.2, -0.15) is 0 Å². The molecule has 2 fully saturated rings. The highest BCUT2D eigenvalue weighted by Crippen LogP contribution is 2.62. The van der Waals surface area contributed by atoms with Gasteiger partial charge in [-0.25, -0.2) is 0 Å². The molecule has 228 valence electrons. The number of esters is 3. The molecule has 4 rings (SSSR count). The van der Waals surface area contributed by atoms with Gasteiger partial charge in [0.1, 0.15) is 11.9 Å². The van der Waals surface area contributed by atoms with Gasteiger partial charge in [-0.3, -0.25) is 14.4 Å². The van der Waals surface area contributed by atoms with Crippen LogP contribution in [0.25, 0.3) is 0 Å². The molecule has 0 spiro atoms. The molecule has 2 saturated carbocycles. The number of methoxy groups -OCH3 is 1. The van der Waals surface area contributed by atoms with E-state index in [1.54, 1.807) is 0 Å². The Labute approximate surface area is 247 Å². The van der Waals surface area contributed by atoms with Crippen LogP contribution in [0.3, 0.4) is 0 Å². The largest absolute Gasteiger partial charge is 0.469 e. The van der Waals surface area contributed by atoms with Crippen molar-refractivity contribution < 1.29 is 28.6 Å². The number of allylic oxidation sites excluding steroid dienone is 5. The third kappa shape index (κ3) is 5.57. The van der Waals surface area contributed by atoms with Gasteiger partial charge >= 0.3 is 17.9 Å². The predicted octanol–water partition coefficient (Wildman–Crippen LogP) is 8.01. The van der Waals surface area contributed by atoms with Crippen LogP contribution >= 0.6 is 0 Å². The zero-order chi connectivity index (χ0) is 30.5. The minimum absolute atomic E-state index is 0.0581. The molecule has 6 nitrogen and oxygen atoms in total. The van der Waals surface area contributed by atoms with Crippen LogP contribution < -0.4 is 0 Å². The van der Waals surface area contributed by atoms with Gasteiger partial charge in [-0.1, -0.05) is 45.8 Å². The van der Waals surface area contributed by atoms with Gasteiger partial charge in [0.2, 0.25) is 0 Å². The van der Waals surface area contributed by atoms with Crippen LogP contribution in [0.1, 0.15) is 120 Å². The maximum absolute atomic E-state index is 13.5. The van der Waals surface area contributed by atoms with Gasteiger partial charge in [-0.05, 0) is 106 Å². The van der Waals surface area contributed by atoms with Crippen molar-refractivity contribution in [2.24, 2.45) is 33.5 Å². The standard InChI is InChI=1S/C35H52O6/c1-21-11-12-28-33(7,8)29(41-24(4)37)14-15-34(28,9)25(21)19-27(40-23(3)36)30-22(2)13-16-35(31(38)39-10)18-17-32(5,6)20-26(30)35/h19,26,28-29H,11-18,20H2,1-10H3/t26-,28-,29-,34+,35+/m0/s1. The molecule has 0 aromatic heterocycles. The highest BCUT2D eigenvalue weighted by molar-refractivity contribution is 5.79. The number of hydrogen-bond acceptors (Lipinski definition) is 6. The number of carbonyl (C=O) groups is 3. The lowest BCUT2D eigenvalue weighted by Gasteiger charge is -2.57. The third-order valence-electron chi connectivity index (χ3n) is 11.4. The first kappa shape index (κ1) is 31.6. The van der Waals surface area contributed by atoms with Crippen molar-refractivity contribution in [2.75, 3.05) is 7.11 Å². The SMILES string of the molecule is COC(=O)[C@@]12CCC(C)=C(C(=CC3=C(C)CC[C@H]4C(C)(C)[C@@H](OC(C)=O)CC[C@]34C)OC(C)=O)[C@@H]1CC(C)(C)CC2. The minimum atomic E-state index is -0.606. The monoisotopic (exact) mass is 568 g/mol. The lowest BCUT2D eigenvalue weighted by molar-refractivity contribution is -0.166. The fraction of sp³-hybridized carbons (Fsp3) is 0.743. The molecule has 0 amide bonds. The maximum atomic E-state index is 13.5. The quantitative estimate of drug-likeness (QED) is 0.190. The predicted molar refractivity (Wildman–Crippen MR) is 159 cm³/mol. The maximum Gasteiger partial charge on any atom is 0.312 e. The van der Waals surface area contributed by atoms with E-state index in [1.165, 1.54) is 37.7 Å². The third-order valence-corrected chi connectivity index (χ3v) is 11.4. The Kier molecular flexibility index (Phi) is 8.50. The molecule has 0 bridgehead atoms. The summed E-state index contributed by atoms with van der Waals surface area (Å²) in [5.74, 6) is 0.0944. The Bertz CT molecular complexity index is 1200. The normalized spacial score (nSPS) is 34.8. The molecular formula is C35H52O6. The molecule has 41 heavy (non-hydrogen) atoms. The molecule has 4 aliphatic rings. The van der Waals surface area contributed by atoms with E-state index in [2.05, 4.69) is 54.5 Å². The van der Waals surface area contributed by atoms with Crippen molar-refractivity contribution in [3.05, 3.63) is 34.1 Å². The number of carbonyl (C=O) groups excluding carboxylic acids is 3. The lowest BCUT2D eigenvalue weighted by atomic mass is 9.49. The van der Waals surface area contributed by atoms with Crippen molar-refractivity contribution in [2.45, 2.75) is 126 Å². The number of hydrogen-bond donors (Lipinski definition) is 0. The van der Waals surface area contributed by atoms with E-state index in [1.807, 2.05) is 0 Å². The van der Waals surface area contributed by atoms with Crippen molar-refractivity contribution >= 4 is 17.9 Å². The van der Waals surface area contributed by atoms with Crippen LogP contribution in [-0.2, 0) is 28.6 Å². The van der Waals surface area contributed by atoms with Crippen molar-refractivity contribution in [1.29, 1.82) is 0 Å². The molecule has 0 saturated heterocycles. The molecule has 0 aliphatic heterocycles. The van der Waals surface area contributed by atoms with E-state index in [4.69, 9.17) is 14.2 Å². The first-order chi connectivity index (χ1) is 19.0. The van der Waals surface area contributed by atoms with E-state index >= 15 is 0 Å². The fourth-order valence-corrected chi connectivity index (χ4v) is 9.20. The van der Waals surface area contributed by atoms with Crippen molar-refractivity contribution in [3.8, 4) is 0 Å². The molecule has 4 aliphatic carbocycles. The van der Waals surface area contributed by atoms with Gasteiger partial charge in [0.05, 0.1) is 12.5 Å². The molecule has 0 heterocycles. The Morgan fingerprint density at radius 2 is 1.54 bits per heavy atom. The molecule has 6 heteroatoms. The van der Waals surface area contributed by atoms with Crippen LogP contribution in [0.5, 0.6) is 0 Å². The average Bonchev–Trinajstić information content (AvgIpc) is 2.86. The van der Waals surface area contributed by atoms with Crippen LogP contribution in [0.2, 0.25) is 0 Å². The fourth-order valence-electron chi connectivity index (χ4n) is 9.20. The molecule has 0 aromatic carbocycles. The first-order valence-corrected chi connectivity index (χ1v) is 15.5. The van der Waals surface area contributed by atoms with Gasteiger partial charge in [-0.15, -0.1) is 0 Å². The second kappa shape index (κ2) is 11.0. The summed E-state index contributed by atoms with van der Waals surface area (Å²) in [7, 11) is 1.49. The Balaban J connectivity index is 1.86. The highest BCUT2D eigenvalue weighted by atomic mass is 16.5. The number of rotatable bonds is 5. The van der Waals surface area contributed by atoms with E-state index < -0.39 is 5.41 Å². The topological polar surface area (TPSA) is 78.9 Å². The van der Waals surface area contributed by atoms with E-state index in [0.29, 0.717) is 11.7 Å². The van der Waals surface area contributed by atoms with E-state index in [9.17, 15) is 14.4 Å². The Morgan fingerprint density at radius 1 is 0.854 bits per heavy atom. The number of ether oxygens (including phenoxy) is 3. The summed E-state index contributed by atoms with van der Waals surface area (Å²) in [4.78, 5) is 38.1. The summed E-state index contributed by atoms with van der Waals surface area (Å²) in [5, 5.41) is 0. The van der Waals surface area contributed by atoms with Crippen LogP contribution in [0, 0.1) is 33.5 Å². The molecule has 0 unspecified atom stereocenters. The smallest absolute Gasteiger partial charge is 0.312 e. The zero-order valence-corrected chi connectivity index (χ0v) is 27.1. The number of fused-ring (bicyclic) bond motifs is 2. The van der Waals surface area contributed by atoms with Gasteiger partial charge in [0, 0.05) is 25.2 Å². The van der Waals surface area contributed by atoms with Crippen LogP contribution in [0.4, 0.5) is 0 Å². The van der Waals surface area contributed by atoms with Crippen LogP contribution in [0.15, 0.2) is 34.1 Å².